The van der Waals surface area contributed by atoms with Crippen LogP contribution in [0.5, 0.6) is 0 Å². The quantitative estimate of drug-likeness (QED) is 0.00889. The summed E-state index contributed by atoms with van der Waals surface area (Å²) in [5.74, 6) is -1.62. The van der Waals surface area contributed by atoms with Crippen LogP contribution in [0, 0.1) is 11.8 Å². The fourth-order valence-corrected chi connectivity index (χ4v) is 17.2. The Hall–Kier alpha value is -3.05. The van der Waals surface area contributed by atoms with Gasteiger partial charge in [0.1, 0.15) is 92.6 Å². The van der Waals surface area contributed by atoms with Gasteiger partial charge in [-0.05, 0) is 88.9 Å². The largest absolute Gasteiger partial charge is 0.472 e. The minimum absolute atomic E-state index is 0.0138. The Balaban J connectivity index is 1.92. The van der Waals surface area contributed by atoms with E-state index in [1.807, 2.05) is 0 Å². The molecule has 3 fully saturated rings. The van der Waals surface area contributed by atoms with Crippen LogP contribution < -0.4 is 0 Å². The van der Waals surface area contributed by atoms with Crippen LogP contribution in [0.15, 0.2) is 24.3 Å². The Morgan fingerprint density at radius 3 is 1.07 bits per heavy atom. The van der Waals surface area contributed by atoms with Gasteiger partial charge in [0.15, 0.2) is 24.8 Å². The predicted molar refractivity (Wildman–Crippen MR) is 472 cm³/mol. The molecule has 3 aliphatic rings. The van der Waals surface area contributed by atoms with Crippen molar-refractivity contribution >= 4 is 31.7 Å². The van der Waals surface area contributed by atoms with Crippen LogP contribution in [0.3, 0.4) is 0 Å². The Morgan fingerprint density at radius 1 is 0.347 bits per heavy atom. The highest BCUT2D eigenvalue weighted by atomic mass is 31.2. The van der Waals surface area contributed by atoms with Gasteiger partial charge in [0.05, 0.1) is 13.2 Å². The molecule has 25 nitrogen and oxygen atoms in total. The molecule has 20 atom stereocenters. The molecule has 0 radical (unpaired) electrons. The lowest BCUT2D eigenvalue weighted by molar-refractivity contribution is -0.360. The number of phosphoric acid groups is 1. The maximum absolute atomic E-state index is 14.9. The zero-order valence-electron chi connectivity index (χ0n) is 76.2. The van der Waals surface area contributed by atoms with E-state index < -0.39 is 162 Å². The number of esters is 4. The molecule has 26 heteroatoms. The van der Waals surface area contributed by atoms with Gasteiger partial charge < -0.3 is 88.7 Å². The van der Waals surface area contributed by atoms with E-state index in [9.17, 15) is 74.6 Å². The minimum Gasteiger partial charge on any atom is -0.463 e. The van der Waals surface area contributed by atoms with Crippen molar-refractivity contribution in [2.45, 2.75) is 518 Å². The molecule has 2 saturated heterocycles. The summed E-state index contributed by atoms with van der Waals surface area (Å²) in [5.41, 5.74) is 0. The SMILES string of the molecule is CCCCCC/C=C\CCCCCCCCCC(=O)OCC(COP(=O)(O)OC1C(OC2OC(CO)C(O)C(O)C2O)C(O)C(O)C(OC(=O)CCCCCCCCC/C=C\CCCCCC)C1OC1OC(COC(=O)CCCCCCCCC(C)CCCCCCCC)C(O)C(O)C1O)OC(=O)CCCCCCCCC(C)CCCCCCCC. The van der Waals surface area contributed by atoms with Crippen LogP contribution in [-0.4, -0.2) is 205 Å². The van der Waals surface area contributed by atoms with Crippen molar-refractivity contribution in [3.05, 3.63) is 24.3 Å². The third kappa shape index (κ3) is 52.3. The van der Waals surface area contributed by atoms with Crippen molar-refractivity contribution in [1.29, 1.82) is 0 Å². The van der Waals surface area contributed by atoms with E-state index in [1.165, 1.54) is 154 Å². The smallest absolute Gasteiger partial charge is 0.463 e. The second kappa shape index (κ2) is 71.8. The van der Waals surface area contributed by atoms with Gasteiger partial charge in [0.25, 0.3) is 0 Å². The van der Waals surface area contributed by atoms with Crippen LogP contribution in [0.1, 0.15) is 414 Å². The molecule has 2 aliphatic heterocycles. The Morgan fingerprint density at radius 2 is 0.669 bits per heavy atom. The third-order valence-electron chi connectivity index (χ3n) is 24.2. The number of rotatable bonds is 78. The van der Waals surface area contributed by atoms with Gasteiger partial charge in [-0.1, -0.05) is 336 Å². The summed E-state index contributed by atoms with van der Waals surface area (Å²) in [4.78, 5) is 66.7. The molecule has 0 aromatic rings. The van der Waals surface area contributed by atoms with Crippen LogP contribution in [0.4, 0.5) is 0 Å². The van der Waals surface area contributed by atoms with Gasteiger partial charge in [0, 0.05) is 25.7 Å². The van der Waals surface area contributed by atoms with Crippen LogP contribution >= 0.6 is 7.82 Å². The predicted octanol–water partition coefficient (Wildman–Crippen LogP) is 18.6. The average molecular weight is 1750 g/mol. The molecule has 20 unspecified atom stereocenters. The summed E-state index contributed by atoms with van der Waals surface area (Å²) in [6.07, 6.45) is 30.1. The Labute approximate surface area is 730 Å². The molecule has 710 valence electrons. The number of hydrogen-bond donors (Lipinski definition) is 10. The van der Waals surface area contributed by atoms with E-state index in [-0.39, 0.29) is 25.7 Å². The fourth-order valence-electron chi connectivity index (χ4n) is 16.3. The maximum Gasteiger partial charge on any atom is 0.472 e. The van der Waals surface area contributed by atoms with E-state index in [0.717, 1.165) is 161 Å². The average Bonchev–Trinajstić information content (AvgIpc) is 0.752. The van der Waals surface area contributed by atoms with E-state index in [2.05, 4.69) is 65.8 Å². The van der Waals surface area contributed by atoms with Crippen molar-refractivity contribution in [1.82, 2.24) is 0 Å². The summed E-state index contributed by atoms with van der Waals surface area (Å²) in [5, 5.41) is 103. The lowest BCUT2D eigenvalue weighted by Crippen LogP contribution is -2.70. The first-order valence-corrected chi connectivity index (χ1v) is 50.3. The van der Waals surface area contributed by atoms with Crippen molar-refractivity contribution in [3.63, 3.8) is 0 Å². The highest BCUT2D eigenvalue weighted by Crippen LogP contribution is 2.49. The number of aliphatic hydroxyl groups excluding tert-OH is 9. The highest BCUT2D eigenvalue weighted by Gasteiger charge is 2.60. The number of hydrogen-bond acceptors (Lipinski definition) is 24. The van der Waals surface area contributed by atoms with Crippen molar-refractivity contribution in [3.8, 4) is 0 Å². The highest BCUT2D eigenvalue weighted by molar-refractivity contribution is 7.47. The number of carbonyl (C=O) groups excluding carboxylic acids is 4. The Bertz CT molecular complexity index is 2640. The first kappa shape index (κ1) is 112. The molecule has 121 heavy (non-hydrogen) atoms. The van der Waals surface area contributed by atoms with Crippen LogP contribution in [0.2, 0.25) is 0 Å². The molecule has 1 aliphatic carbocycles. The van der Waals surface area contributed by atoms with Crippen molar-refractivity contribution < 1.29 is 122 Å². The molecular formula is C95H175O25P. The number of unbranched alkanes of at least 4 members (excludes halogenated alkanes) is 42. The lowest BCUT2D eigenvalue weighted by atomic mass is 9.84. The van der Waals surface area contributed by atoms with Crippen molar-refractivity contribution in [2.75, 3.05) is 26.4 Å². The summed E-state index contributed by atoms with van der Waals surface area (Å²) >= 11 is 0. The molecule has 0 bridgehead atoms. The number of phosphoric ester groups is 1. The molecule has 1 saturated carbocycles. The summed E-state index contributed by atoms with van der Waals surface area (Å²) < 4.78 is 73.6. The first-order valence-electron chi connectivity index (χ1n) is 48.9. The lowest BCUT2D eigenvalue weighted by Gasteiger charge is -2.50. The van der Waals surface area contributed by atoms with Gasteiger partial charge in [-0.3, -0.25) is 28.2 Å². The van der Waals surface area contributed by atoms with Gasteiger partial charge in [-0.25, -0.2) is 4.57 Å². The molecule has 0 aromatic carbocycles. The number of allylic oxidation sites excluding steroid dienone is 4. The normalized spacial score (nSPS) is 25.2. The molecule has 0 aromatic heterocycles. The molecular weight excluding hydrogens is 1570 g/mol. The number of ether oxygens (including phenoxy) is 8. The van der Waals surface area contributed by atoms with E-state index >= 15 is 0 Å². The summed E-state index contributed by atoms with van der Waals surface area (Å²) in [6, 6.07) is 0. The van der Waals surface area contributed by atoms with E-state index in [4.69, 9.17) is 46.9 Å². The number of carbonyl (C=O) groups is 4. The molecule has 2 heterocycles. The summed E-state index contributed by atoms with van der Waals surface area (Å²) in [6.45, 7) is 10.2. The van der Waals surface area contributed by atoms with Gasteiger partial charge in [-0.15, -0.1) is 0 Å². The number of aliphatic hydroxyl groups is 9. The third-order valence-corrected chi connectivity index (χ3v) is 25.2. The standard InChI is InChI=1S/C95H175O25P/c1-7-11-15-19-23-25-27-29-31-33-35-37-39-49-57-65-78(97)111-70-75(114-80(99)67-59-52-44-42-48-56-64-74(6)62-54-46-22-18-14-10-4)71-113-121(109,110)120-93-91(118-94-88(107)84(103)82(101)76(69-96)115-94)87(106)86(105)90(117-81(100)68-60-51-40-38-36-34-32-30-28-26-24-20-16-12-8-2)92(93)119-95-89(108)85(104)83(102)77(116-95)72-112-79(98)66-58-50-43-41-47-55-63-73(5)61-53-45-21-17-13-9-3/h25-28,73-77,82-96,101-108H,7-24,29-72H2,1-6H3,(H,109,110)/b27-25-,28-26-. The van der Waals surface area contributed by atoms with Gasteiger partial charge in [0.2, 0.25) is 0 Å². The zero-order valence-corrected chi connectivity index (χ0v) is 77.1. The van der Waals surface area contributed by atoms with Crippen molar-refractivity contribution in [2.24, 2.45) is 11.8 Å². The van der Waals surface area contributed by atoms with E-state index in [0.29, 0.717) is 43.9 Å². The second-order valence-electron chi connectivity index (χ2n) is 35.5. The summed E-state index contributed by atoms with van der Waals surface area (Å²) in [7, 11) is -5.82. The van der Waals surface area contributed by atoms with Gasteiger partial charge in [-0.2, -0.15) is 0 Å². The molecule has 0 amide bonds. The molecule has 3 rings (SSSR count). The fraction of sp³-hybridized carbons (Fsp3) is 0.916. The topological polar surface area (TPSA) is 380 Å². The van der Waals surface area contributed by atoms with Crippen LogP contribution in [0.25, 0.3) is 0 Å². The monoisotopic (exact) mass is 1750 g/mol. The maximum atomic E-state index is 14.9. The zero-order chi connectivity index (χ0) is 88.5. The minimum atomic E-state index is -5.82. The first-order chi connectivity index (χ1) is 58.5. The van der Waals surface area contributed by atoms with Crippen LogP contribution in [-0.2, 0) is 70.7 Å². The van der Waals surface area contributed by atoms with Gasteiger partial charge >= 0.3 is 31.7 Å². The van der Waals surface area contributed by atoms with E-state index in [1.54, 1.807) is 0 Å². The second-order valence-corrected chi connectivity index (χ2v) is 36.9. The molecule has 10 N–H and O–H groups in total. The molecule has 0 spiro atoms. The Kier molecular flexibility index (Phi) is 66.6.